The van der Waals surface area contributed by atoms with Crippen molar-refractivity contribution in [3.8, 4) is 6.07 Å². The molecule has 1 aliphatic rings. The summed E-state index contributed by atoms with van der Waals surface area (Å²) in [4.78, 5) is 20.0. The second-order valence-corrected chi connectivity index (χ2v) is 5.94. The summed E-state index contributed by atoms with van der Waals surface area (Å²) >= 11 is 3.33. The van der Waals surface area contributed by atoms with Crippen LogP contribution in [0.1, 0.15) is 42.7 Å². The van der Waals surface area contributed by atoms with Crippen LogP contribution in [0.5, 0.6) is 0 Å². The fourth-order valence-corrected chi connectivity index (χ4v) is 2.93. The van der Waals surface area contributed by atoms with Crippen molar-refractivity contribution < 1.29 is 19.4 Å². The number of hydrogen-bond donors (Lipinski definition) is 1. The molecule has 0 aliphatic heterocycles. The van der Waals surface area contributed by atoms with Crippen LogP contribution in [0.15, 0.2) is 22.7 Å². The summed E-state index contributed by atoms with van der Waals surface area (Å²) in [5, 5.41) is 18.1. The number of aliphatic carboxylic acids is 1. The standard InChI is InChI=1S/C14H14BrNO2.C2H4O2/c15-13-5-4-10(7-12(13)8-16)9-2-1-3-11(6-9)14(17)18;1-4-2-3/h4-5,7,9,11H,1-3,6H2,(H,17,18);2H,1H3. The monoisotopic (exact) mass is 367 g/mol. The Hall–Kier alpha value is -1.87. The van der Waals surface area contributed by atoms with Gasteiger partial charge in [-0.3, -0.25) is 9.59 Å². The van der Waals surface area contributed by atoms with E-state index in [-0.39, 0.29) is 11.8 Å². The maximum atomic E-state index is 11.0. The Bertz CT molecular complexity index is 568. The lowest BCUT2D eigenvalue weighted by atomic mass is 9.78. The van der Waals surface area contributed by atoms with Crippen LogP contribution in [0.3, 0.4) is 0 Å². The Morgan fingerprint density at radius 2 is 2.18 bits per heavy atom. The number of nitriles is 1. The molecule has 1 N–H and O–H groups in total. The van der Waals surface area contributed by atoms with E-state index in [2.05, 4.69) is 26.7 Å². The highest BCUT2D eigenvalue weighted by atomic mass is 79.9. The van der Waals surface area contributed by atoms with E-state index in [9.17, 15) is 4.79 Å². The third kappa shape index (κ3) is 5.15. The number of halogens is 1. The zero-order valence-corrected chi connectivity index (χ0v) is 13.9. The van der Waals surface area contributed by atoms with Crippen LogP contribution in [-0.2, 0) is 14.3 Å². The van der Waals surface area contributed by atoms with Gasteiger partial charge in [0.2, 0.25) is 0 Å². The van der Waals surface area contributed by atoms with Crippen LogP contribution in [0.25, 0.3) is 0 Å². The molecule has 1 aromatic carbocycles. The molecule has 0 radical (unpaired) electrons. The molecule has 1 fully saturated rings. The Balaban J connectivity index is 0.000000541. The van der Waals surface area contributed by atoms with Gasteiger partial charge in [-0.25, -0.2) is 0 Å². The number of nitrogens with zero attached hydrogens (tertiary/aromatic N) is 1. The van der Waals surface area contributed by atoms with Gasteiger partial charge in [-0.05, 0) is 58.8 Å². The van der Waals surface area contributed by atoms with Crippen molar-refractivity contribution >= 4 is 28.4 Å². The molecule has 2 rings (SSSR count). The number of benzene rings is 1. The zero-order valence-electron chi connectivity index (χ0n) is 12.3. The lowest BCUT2D eigenvalue weighted by Crippen LogP contribution is -2.21. The van der Waals surface area contributed by atoms with E-state index >= 15 is 0 Å². The van der Waals surface area contributed by atoms with E-state index in [4.69, 9.17) is 15.2 Å². The number of carbonyl (C=O) groups excluding carboxylic acids is 1. The first-order valence-corrected chi connectivity index (χ1v) is 7.71. The van der Waals surface area contributed by atoms with E-state index in [0.717, 1.165) is 29.3 Å². The summed E-state index contributed by atoms with van der Waals surface area (Å²) in [5.74, 6) is -0.671. The van der Waals surface area contributed by atoms with E-state index in [1.165, 1.54) is 7.11 Å². The topological polar surface area (TPSA) is 87.4 Å². The van der Waals surface area contributed by atoms with Gasteiger partial charge >= 0.3 is 5.97 Å². The number of methoxy groups -OCH3 is 1. The second-order valence-electron chi connectivity index (χ2n) is 5.08. The summed E-state index contributed by atoms with van der Waals surface area (Å²) < 4.78 is 4.65. The molecular weight excluding hydrogens is 350 g/mol. The molecule has 1 aromatic rings. The van der Waals surface area contributed by atoms with Gasteiger partial charge in [-0.2, -0.15) is 5.26 Å². The Kier molecular flexibility index (Phi) is 7.61. The molecule has 5 nitrogen and oxygen atoms in total. The number of carbonyl (C=O) groups is 2. The molecule has 0 amide bonds. The van der Waals surface area contributed by atoms with Crippen molar-refractivity contribution in [2.24, 2.45) is 5.92 Å². The number of hydrogen-bond acceptors (Lipinski definition) is 4. The second kappa shape index (κ2) is 9.21. The van der Waals surface area contributed by atoms with Crippen molar-refractivity contribution in [3.05, 3.63) is 33.8 Å². The molecule has 2 atom stereocenters. The quantitative estimate of drug-likeness (QED) is 0.826. The van der Waals surface area contributed by atoms with Crippen LogP contribution in [0.4, 0.5) is 0 Å². The maximum Gasteiger partial charge on any atom is 0.306 e. The molecule has 1 saturated carbocycles. The first kappa shape index (κ1) is 18.2. The van der Waals surface area contributed by atoms with Gasteiger partial charge in [0, 0.05) is 4.47 Å². The third-order valence-corrected chi connectivity index (χ3v) is 4.39. The fourth-order valence-electron chi connectivity index (χ4n) is 2.60. The Labute approximate surface area is 138 Å². The molecule has 1 aliphatic carbocycles. The highest BCUT2D eigenvalue weighted by Gasteiger charge is 2.27. The highest BCUT2D eigenvalue weighted by molar-refractivity contribution is 9.10. The molecule has 0 spiro atoms. The summed E-state index contributed by atoms with van der Waals surface area (Å²) in [6.07, 6.45) is 3.41. The fraction of sp³-hybridized carbons (Fsp3) is 0.438. The Morgan fingerprint density at radius 1 is 1.50 bits per heavy atom. The summed E-state index contributed by atoms with van der Waals surface area (Å²) in [7, 11) is 1.31. The molecule has 0 bridgehead atoms. The normalized spacial score (nSPS) is 20.0. The van der Waals surface area contributed by atoms with Crippen molar-refractivity contribution in [1.29, 1.82) is 5.26 Å². The SMILES string of the molecule is COC=O.N#Cc1cc(C2CCCC(C(=O)O)C2)ccc1Br. The van der Waals surface area contributed by atoms with Crippen molar-refractivity contribution in [2.75, 3.05) is 7.11 Å². The average molecular weight is 368 g/mol. The minimum atomic E-state index is -0.697. The van der Waals surface area contributed by atoms with Crippen LogP contribution in [0, 0.1) is 17.2 Å². The summed E-state index contributed by atoms with van der Waals surface area (Å²) in [6.45, 7) is 0.375. The van der Waals surface area contributed by atoms with Gasteiger partial charge in [0.15, 0.2) is 0 Å². The van der Waals surface area contributed by atoms with E-state index in [1.54, 1.807) is 0 Å². The van der Waals surface area contributed by atoms with Crippen LogP contribution in [-0.4, -0.2) is 24.7 Å². The molecule has 118 valence electrons. The molecule has 0 aromatic heterocycles. The van der Waals surface area contributed by atoms with Crippen LogP contribution >= 0.6 is 15.9 Å². The van der Waals surface area contributed by atoms with Gasteiger partial charge in [-0.1, -0.05) is 12.5 Å². The number of ether oxygens (including phenoxy) is 1. The molecule has 6 heteroatoms. The number of carboxylic acids is 1. The van der Waals surface area contributed by atoms with Crippen molar-refractivity contribution in [3.63, 3.8) is 0 Å². The van der Waals surface area contributed by atoms with E-state index in [0.29, 0.717) is 18.5 Å². The van der Waals surface area contributed by atoms with E-state index < -0.39 is 5.97 Å². The largest absolute Gasteiger partial charge is 0.481 e. The van der Waals surface area contributed by atoms with E-state index in [1.807, 2.05) is 18.2 Å². The third-order valence-electron chi connectivity index (χ3n) is 3.70. The summed E-state index contributed by atoms with van der Waals surface area (Å²) in [6, 6.07) is 7.88. The van der Waals surface area contributed by atoms with Crippen molar-refractivity contribution in [1.82, 2.24) is 0 Å². The van der Waals surface area contributed by atoms with Crippen LogP contribution in [0.2, 0.25) is 0 Å². The number of rotatable bonds is 3. The highest BCUT2D eigenvalue weighted by Crippen LogP contribution is 2.37. The molecular formula is C16H18BrNO4. The zero-order chi connectivity index (χ0) is 16.5. The van der Waals surface area contributed by atoms with Gasteiger partial charge < -0.3 is 9.84 Å². The average Bonchev–Trinajstić information content (AvgIpc) is 2.55. The lowest BCUT2D eigenvalue weighted by Gasteiger charge is -2.27. The van der Waals surface area contributed by atoms with Gasteiger partial charge in [0.25, 0.3) is 6.47 Å². The predicted molar refractivity (Wildman–Crippen MR) is 84.3 cm³/mol. The molecule has 22 heavy (non-hydrogen) atoms. The molecule has 0 heterocycles. The first-order chi connectivity index (χ1) is 10.5. The van der Waals surface area contributed by atoms with Crippen LogP contribution < -0.4 is 0 Å². The maximum absolute atomic E-state index is 11.0. The predicted octanol–water partition coefficient (Wildman–Crippen LogP) is 3.47. The number of carboxylic acid groups (broad SMARTS) is 1. The smallest absolute Gasteiger partial charge is 0.306 e. The minimum Gasteiger partial charge on any atom is -0.481 e. The first-order valence-electron chi connectivity index (χ1n) is 6.92. The van der Waals surface area contributed by atoms with Gasteiger partial charge in [0.05, 0.1) is 18.6 Å². The minimum absolute atomic E-state index is 0.238. The van der Waals surface area contributed by atoms with Crippen molar-refractivity contribution in [2.45, 2.75) is 31.6 Å². The Morgan fingerprint density at radius 3 is 2.73 bits per heavy atom. The van der Waals surface area contributed by atoms with Gasteiger partial charge in [0.1, 0.15) is 6.07 Å². The molecule has 2 unspecified atom stereocenters. The molecule has 0 saturated heterocycles. The lowest BCUT2D eigenvalue weighted by molar-refractivity contribution is -0.143. The summed E-state index contributed by atoms with van der Waals surface area (Å²) in [5.41, 5.74) is 1.70. The van der Waals surface area contributed by atoms with Gasteiger partial charge in [-0.15, -0.1) is 0 Å².